The van der Waals surface area contributed by atoms with Crippen molar-refractivity contribution >= 4 is 29.4 Å². The van der Waals surface area contributed by atoms with Gasteiger partial charge in [0.05, 0.1) is 24.2 Å². The van der Waals surface area contributed by atoms with Gasteiger partial charge >= 0.3 is 11.8 Å². The Morgan fingerprint density at radius 2 is 2.07 bits per heavy atom. The molecule has 0 unspecified atom stereocenters. The van der Waals surface area contributed by atoms with Crippen LogP contribution in [0.15, 0.2) is 41.0 Å². The third-order valence-corrected chi connectivity index (χ3v) is 5.54. The van der Waals surface area contributed by atoms with Gasteiger partial charge in [0, 0.05) is 17.1 Å². The summed E-state index contributed by atoms with van der Waals surface area (Å²) >= 11 is 1.74. The van der Waals surface area contributed by atoms with E-state index in [1.54, 1.807) is 28.6 Å². The van der Waals surface area contributed by atoms with E-state index < -0.39 is 11.8 Å². The first-order valence-electron chi connectivity index (χ1n) is 8.90. The summed E-state index contributed by atoms with van der Waals surface area (Å²) in [6, 6.07) is 9.51. The Kier molecular flexibility index (Phi) is 4.95. The highest BCUT2D eigenvalue weighted by atomic mass is 32.2. The van der Waals surface area contributed by atoms with Crippen molar-refractivity contribution in [1.29, 1.82) is 0 Å². The normalized spacial score (nSPS) is 12.6. The lowest BCUT2D eigenvalue weighted by molar-refractivity contribution is -0.136. The van der Waals surface area contributed by atoms with Gasteiger partial charge in [0.25, 0.3) is 0 Å². The zero-order chi connectivity index (χ0) is 19.7. The van der Waals surface area contributed by atoms with Crippen LogP contribution in [0.5, 0.6) is 0 Å². The van der Waals surface area contributed by atoms with Gasteiger partial charge in [-0.15, -0.1) is 0 Å². The predicted octanol–water partition coefficient (Wildman–Crippen LogP) is 3.08. The second kappa shape index (κ2) is 7.55. The van der Waals surface area contributed by atoms with E-state index in [2.05, 4.69) is 21.8 Å². The Morgan fingerprint density at radius 3 is 2.82 bits per heavy atom. The van der Waals surface area contributed by atoms with Gasteiger partial charge in [0.2, 0.25) is 0 Å². The molecular formula is C20H20N4O3S. The molecule has 1 aliphatic rings. The summed E-state index contributed by atoms with van der Waals surface area (Å²) in [4.78, 5) is 24.7. The Bertz CT molecular complexity index is 1040. The third-order valence-electron chi connectivity index (χ3n) is 4.57. The number of nitrogens with one attached hydrogen (secondary N) is 2. The molecule has 1 aliphatic heterocycles. The molecule has 4 rings (SSSR count). The molecule has 2 amide bonds. The Hall–Kier alpha value is -3.00. The van der Waals surface area contributed by atoms with E-state index >= 15 is 0 Å². The number of benzene rings is 1. The number of rotatable bonds is 4. The lowest BCUT2D eigenvalue weighted by atomic mass is 10.1. The number of nitrogens with zero attached hydrogens (tertiary/aromatic N) is 2. The highest BCUT2D eigenvalue weighted by Gasteiger charge is 2.27. The number of hydrogen-bond acceptors (Lipinski definition) is 5. The van der Waals surface area contributed by atoms with Crippen molar-refractivity contribution in [2.45, 2.75) is 31.9 Å². The van der Waals surface area contributed by atoms with Gasteiger partial charge in [0.1, 0.15) is 11.6 Å². The summed E-state index contributed by atoms with van der Waals surface area (Å²) in [6.07, 6.45) is 1.52. The number of furan rings is 1. The van der Waals surface area contributed by atoms with Gasteiger partial charge < -0.3 is 15.1 Å². The third kappa shape index (κ3) is 3.55. The molecule has 3 heterocycles. The smallest absolute Gasteiger partial charge is 0.314 e. The van der Waals surface area contributed by atoms with Crippen molar-refractivity contribution in [3.8, 4) is 5.69 Å². The Labute approximate surface area is 166 Å². The Morgan fingerprint density at radius 1 is 1.21 bits per heavy atom. The number of hydrogen-bond donors (Lipinski definition) is 2. The fraction of sp³-hybridized carbons (Fsp3) is 0.250. The Balaban J connectivity index is 1.58. The number of anilines is 1. The van der Waals surface area contributed by atoms with Gasteiger partial charge in [-0.05, 0) is 37.6 Å². The summed E-state index contributed by atoms with van der Waals surface area (Å²) < 4.78 is 6.90. The molecule has 2 N–H and O–H groups in total. The minimum atomic E-state index is -0.725. The summed E-state index contributed by atoms with van der Waals surface area (Å²) in [7, 11) is 0. The molecule has 0 fully saturated rings. The molecule has 0 atom stereocenters. The topological polar surface area (TPSA) is 89.2 Å². The summed E-state index contributed by atoms with van der Waals surface area (Å²) in [5.41, 5.74) is 5.00. The number of amides is 2. The van der Waals surface area contributed by atoms with Crippen LogP contribution in [-0.4, -0.2) is 21.6 Å². The van der Waals surface area contributed by atoms with Gasteiger partial charge in [0.15, 0.2) is 0 Å². The van der Waals surface area contributed by atoms with E-state index in [1.165, 1.54) is 6.26 Å². The number of thioether (sulfide) groups is 1. The first kappa shape index (κ1) is 18.4. The van der Waals surface area contributed by atoms with Crippen LogP contribution in [0.4, 0.5) is 5.82 Å². The van der Waals surface area contributed by atoms with E-state index in [1.807, 2.05) is 26.0 Å². The van der Waals surface area contributed by atoms with E-state index in [-0.39, 0.29) is 6.54 Å². The predicted molar refractivity (Wildman–Crippen MR) is 107 cm³/mol. The fourth-order valence-corrected chi connectivity index (χ4v) is 4.22. The van der Waals surface area contributed by atoms with Crippen LogP contribution in [0.2, 0.25) is 0 Å². The van der Waals surface area contributed by atoms with Crippen LogP contribution in [0, 0.1) is 13.8 Å². The molecule has 1 aromatic carbocycles. The number of carbonyl (C=O) groups is 2. The minimum Gasteiger partial charge on any atom is -0.467 e. The maximum absolute atomic E-state index is 12.5. The number of aryl methyl sites for hydroxylation is 2. The van der Waals surface area contributed by atoms with E-state index in [9.17, 15) is 9.59 Å². The second-order valence-electron chi connectivity index (χ2n) is 6.68. The van der Waals surface area contributed by atoms with Crippen LogP contribution >= 0.6 is 11.8 Å². The lowest BCUT2D eigenvalue weighted by Crippen LogP contribution is -2.35. The highest BCUT2D eigenvalue weighted by Crippen LogP contribution is 2.36. The largest absolute Gasteiger partial charge is 0.467 e. The molecule has 0 saturated carbocycles. The minimum absolute atomic E-state index is 0.156. The molecular weight excluding hydrogens is 376 g/mol. The molecule has 0 bridgehead atoms. The van der Waals surface area contributed by atoms with Crippen LogP contribution < -0.4 is 10.6 Å². The molecule has 3 aromatic rings. The van der Waals surface area contributed by atoms with Gasteiger partial charge in [-0.25, -0.2) is 4.68 Å². The molecule has 0 saturated heterocycles. The molecule has 0 aliphatic carbocycles. The van der Waals surface area contributed by atoms with Crippen molar-refractivity contribution in [1.82, 2.24) is 15.1 Å². The lowest BCUT2D eigenvalue weighted by Gasteiger charge is -2.13. The maximum atomic E-state index is 12.5. The van der Waals surface area contributed by atoms with Crippen molar-refractivity contribution in [3.63, 3.8) is 0 Å². The fourth-order valence-electron chi connectivity index (χ4n) is 3.18. The molecule has 2 aromatic heterocycles. The molecule has 7 nitrogen and oxygen atoms in total. The van der Waals surface area contributed by atoms with Crippen molar-refractivity contribution in [2.24, 2.45) is 0 Å². The number of fused-ring (bicyclic) bond motifs is 1. The zero-order valence-electron chi connectivity index (χ0n) is 15.6. The van der Waals surface area contributed by atoms with E-state index in [0.717, 1.165) is 39.6 Å². The quantitative estimate of drug-likeness (QED) is 0.662. The van der Waals surface area contributed by atoms with E-state index in [4.69, 9.17) is 4.42 Å². The second-order valence-corrected chi connectivity index (χ2v) is 7.67. The molecule has 8 heteroatoms. The number of aromatic nitrogens is 2. The highest BCUT2D eigenvalue weighted by molar-refractivity contribution is 7.98. The molecule has 0 radical (unpaired) electrons. The van der Waals surface area contributed by atoms with Crippen LogP contribution in [0.25, 0.3) is 5.69 Å². The number of carbonyl (C=O) groups excluding carboxylic acids is 2. The standard InChI is InChI=1S/C20H20N4O3S/c1-12-5-6-17(13(2)8-12)24-18(15-10-28-11-16(15)23-24)22-20(26)19(25)21-9-14-4-3-7-27-14/h3-8H,9-11H2,1-2H3,(H,21,25)(H,22,26). The van der Waals surface area contributed by atoms with Gasteiger partial charge in [-0.2, -0.15) is 16.9 Å². The average molecular weight is 396 g/mol. The van der Waals surface area contributed by atoms with Crippen molar-refractivity contribution in [3.05, 3.63) is 64.7 Å². The summed E-state index contributed by atoms with van der Waals surface area (Å²) in [5, 5.41) is 10.0. The first-order chi connectivity index (χ1) is 13.5. The summed E-state index contributed by atoms with van der Waals surface area (Å²) in [6.45, 7) is 4.19. The molecule has 28 heavy (non-hydrogen) atoms. The monoisotopic (exact) mass is 396 g/mol. The molecule has 144 valence electrons. The van der Waals surface area contributed by atoms with Crippen LogP contribution in [-0.2, 0) is 27.6 Å². The van der Waals surface area contributed by atoms with Crippen LogP contribution in [0.3, 0.4) is 0 Å². The van der Waals surface area contributed by atoms with Gasteiger partial charge in [-0.1, -0.05) is 17.7 Å². The zero-order valence-corrected chi connectivity index (χ0v) is 16.4. The average Bonchev–Trinajstić information content (AvgIpc) is 3.39. The SMILES string of the molecule is Cc1ccc(-n2nc3c(c2NC(=O)C(=O)NCc2ccco2)CSC3)c(C)c1. The molecule has 0 spiro atoms. The van der Waals surface area contributed by atoms with E-state index in [0.29, 0.717) is 11.6 Å². The first-order valence-corrected chi connectivity index (χ1v) is 10.1. The van der Waals surface area contributed by atoms with Crippen molar-refractivity contribution < 1.29 is 14.0 Å². The maximum Gasteiger partial charge on any atom is 0.314 e. The van der Waals surface area contributed by atoms with Crippen LogP contribution in [0.1, 0.15) is 28.1 Å². The summed E-state index contributed by atoms with van der Waals surface area (Å²) in [5.74, 6) is 1.25. The van der Waals surface area contributed by atoms with Crippen molar-refractivity contribution in [2.75, 3.05) is 5.32 Å². The van der Waals surface area contributed by atoms with Gasteiger partial charge in [-0.3, -0.25) is 9.59 Å².